The van der Waals surface area contributed by atoms with Crippen LogP contribution >= 0.6 is 23.4 Å². The number of hydrogen-bond donors (Lipinski definition) is 1. The average molecular weight is 499 g/mol. The molecule has 8 heteroatoms. The normalized spacial score (nSPS) is 11.4. The van der Waals surface area contributed by atoms with Gasteiger partial charge in [-0.05, 0) is 67.1 Å². The summed E-state index contributed by atoms with van der Waals surface area (Å²) in [5.74, 6) is 2.82. The van der Waals surface area contributed by atoms with Crippen LogP contribution in [0.2, 0.25) is 5.15 Å². The van der Waals surface area contributed by atoms with E-state index in [0.717, 1.165) is 59.1 Å². The summed E-state index contributed by atoms with van der Waals surface area (Å²) in [6, 6.07) is 15.9. The summed E-state index contributed by atoms with van der Waals surface area (Å²) in [6.07, 6.45) is 6.59. The smallest absolute Gasteiger partial charge is 0.244 e. The Morgan fingerprint density at radius 1 is 1.03 bits per heavy atom. The molecule has 3 aromatic rings. The van der Waals surface area contributed by atoms with Crippen molar-refractivity contribution in [3.05, 3.63) is 76.6 Å². The molecule has 0 aliphatic rings. The van der Waals surface area contributed by atoms with Gasteiger partial charge in [-0.3, -0.25) is 0 Å². The first-order valence-electron chi connectivity index (χ1n) is 11.4. The first-order valence-corrected chi connectivity index (χ1v) is 13.2. The zero-order valence-electron chi connectivity index (χ0n) is 19.9. The standard InChI is InChI=1S/C26H31ClN4O2S/c1-4-6-15-33-23-11-7-19(8-12-23)16-21-17-28-26(29-25(21)27)31-30-24(18-34-3)20-9-13-22(14-10-20)32-5-2/h7-14,17H,4-6,15-16,18H2,1-3H3,(H,28,29,31)/b30-24+. The molecule has 0 aliphatic heterocycles. The number of nitrogens with one attached hydrogen (secondary N) is 1. The van der Waals surface area contributed by atoms with Crippen LogP contribution in [0.1, 0.15) is 43.4 Å². The SMILES string of the molecule is CCCCOc1ccc(Cc2cnc(N/N=C(\CSC)c3ccc(OCC)cc3)nc2Cl)cc1. The third kappa shape index (κ3) is 7.92. The summed E-state index contributed by atoms with van der Waals surface area (Å²) < 4.78 is 11.2. The van der Waals surface area contributed by atoms with Crippen molar-refractivity contribution in [3.8, 4) is 11.5 Å². The molecule has 0 unspecified atom stereocenters. The molecule has 1 aromatic heterocycles. The molecular weight excluding hydrogens is 468 g/mol. The second-order valence-electron chi connectivity index (χ2n) is 7.59. The van der Waals surface area contributed by atoms with Gasteiger partial charge in [-0.1, -0.05) is 37.1 Å². The van der Waals surface area contributed by atoms with Gasteiger partial charge in [0.2, 0.25) is 5.95 Å². The van der Waals surface area contributed by atoms with Gasteiger partial charge >= 0.3 is 0 Å². The highest BCUT2D eigenvalue weighted by Crippen LogP contribution is 2.21. The summed E-state index contributed by atoms with van der Waals surface area (Å²) in [7, 11) is 0. The number of thioether (sulfide) groups is 1. The topological polar surface area (TPSA) is 68.6 Å². The zero-order chi connectivity index (χ0) is 24.2. The van der Waals surface area contributed by atoms with Crippen LogP contribution in [0.25, 0.3) is 0 Å². The molecule has 1 heterocycles. The van der Waals surface area contributed by atoms with Gasteiger partial charge in [0.25, 0.3) is 0 Å². The summed E-state index contributed by atoms with van der Waals surface area (Å²) in [6.45, 7) is 5.49. The molecule has 0 fully saturated rings. The van der Waals surface area contributed by atoms with E-state index < -0.39 is 0 Å². The van der Waals surface area contributed by atoms with Crippen molar-refractivity contribution < 1.29 is 9.47 Å². The number of aromatic nitrogens is 2. The van der Waals surface area contributed by atoms with E-state index in [9.17, 15) is 0 Å². The van der Waals surface area contributed by atoms with Gasteiger partial charge in [-0.25, -0.2) is 10.4 Å². The number of hydrogen-bond acceptors (Lipinski definition) is 7. The Bertz CT molecular complexity index is 1060. The number of benzene rings is 2. The Kier molecular flexibility index (Phi) is 10.5. The molecule has 34 heavy (non-hydrogen) atoms. The first kappa shape index (κ1) is 25.8. The molecule has 0 radical (unpaired) electrons. The van der Waals surface area contributed by atoms with Gasteiger partial charge in [0.15, 0.2) is 0 Å². The third-order valence-electron chi connectivity index (χ3n) is 4.97. The molecule has 0 amide bonds. The fourth-order valence-electron chi connectivity index (χ4n) is 3.16. The van der Waals surface area contributed by atoms with Crippen molar-refractivity contribution in [2.24, 2.45) is 5.10 Å². The second-order valence-corrected chi connectivity index (χ2v) is 8.82. The molecule has 0 bridgehead atoms. The molecule has 1 N–H and O–H groups in total. The Balaban J connectivity index is 1.64. The van der Waals surface area contributed by atoms with Crippen LogP contribution in [0.5, 0.6) is 11.5 Å². The fourth-order valence-corrected chi connectivity index (χ4v) is 3.86. The van der Waals surface area contributed by atoms with Crippen molar-refractivity contribution >= 4 is 35.0 Å². The largest absolute Gasteiger partial charge is 0.494 e. The Morgan fingerprint density at radius 3 is 2.38 bits per heavy atom. The Morgan fingerprint density at radius 2 is 1.74 bits per heavy atom. The van der Waals surface area contributed by atoms with Gasteiger partial charge in [-0.15, -0.1) is 0 Å². The van der Waals surface area contributed by atoms with Crippen LogP contribution in [-0.4, -0.2) is 40.9 Å². The predicted molar refractivity (Wildman–Crippen MR) is 143 cm³/mol. The third-order valence-corrected chi connectivity index (χ3v) is 5.86. The fraction of sp³-hybridized carbons (Fsp3) is 0.346. The first-order chi connectivity index (χ1) is 16.6. The lowest BCUT2D eigenvalue weighted by Crippen LogP contribution is -2.09. The number of ether oxygens (including phenoxy) is 2. The van der Waals surface area contributed by atoms with Gasteiger partial charge in [-0.2, -0.15) is 21.8 Å². The highest BCUT2D eigenvalue weighted by Gasteiger charge is 2.08. The van der Waals surface area contributed by atoms with Crippen LogP contribution in [-0.2, 0) is 6.42 Å². The number of halogens is 1. The average Bonchev–Trinajstić information content (AvgIpc) is 2.85. The van der Waals surface area contributed by atoms with Crippen molar-refractivity contribution in [1.82, 2.24) is 9.97 Å². The minimum Gasteiger partial charge on any atom is -0.494 e. The monoisotopic (exact) mass is 498 g/mol. The minimum absolute atomic E-state index is 0.359. The summed E-state index contributed by atoms with van der Waals surface area (Å²) in [5, 5.41) is 4.94. The van der Waals surface area contributed by atoms with Crippen molar-refractivity contribution in [1.29, 1.82) is 0 Å². The second kappa shape index (κ2) is 13.8. The van der Waals surface area contributed by atoms with Gasteiger partial charge in [0.05, 0.1) is 18.9 Å². The molecule has 0 aliphatic carbocycles. The van der Waals surface area contributed by atoms with E-state index in [1.165, 1.54) is 0 Å². The van der Waals surface area contributed by atoms with Gasteiger partial charge in [0.1, 0.15) is 16.7 Å². The molecule has 6 nitrogen and oxygen atoms in total. The number of hydrazone groups is 1. The van der Waals surface area contributed by atoms with Crippen molar-refractivity contribution in [2.45, 2.75) is 33.1 Å². The van der Waals surface area contributed by atoms with Crippen LogP contribution in [0.15, 0.2) is 59.8 Å². The van der Waals surface area contributed by atoms with Crippen LogP contribution < -0.4 is 14.9 Å². The lowest BCUT2D eigenvalue weighted by Gasteiger charge is -2.09. The quantitative estimate of drug-likeness (QED) is 0.126. The predicted octanol–water partition coefficient (Wildman–Crippen LogP) is 6.48. The molecule has 0 saturated heterocycles. The van der Waals surface area contributed by atoms with E-state index in [-0.39, 0.29) is 0 Å². The van der Waals surface area contributed by atoms with E-state index in [1.807, 2.05) is 61.7 Å². The maximum Gasteiger partial charge on any atom is 0.244 e. The maximum absolute atomic E-state index is 6.45. The van der Waals surface area contributed by atoms with Crippen LogP contribution in [0, 0.1) is 0 Å². The molecule has 2 aromatic carbocycles. The summed E-state index contributed by atoms with van der Waals surface area (Å²) in [4.78, 5) is 8.79. The summed E-state index contributed by atoms with van der Waals surface area (Å²) >= 11 is 8.14. The van der Waals surface area contributed by atoms with E-state index in [0.29, 0.717) is 24.1 Å². The lowest BCUT2D eigenvalue weighted by atomic mass is 10.1. The Hall–Kier alpha value is -2.77. The van der Waals surface area contributed by atoms with E-state index in [2.05, 4.69) is 27.4 Å². The number of rotatable bonds is 13. The highest BCUT2D eigenvalue weighted by atomic mass is 35.5. The lowest BCUT2D eigenvalue weighted by molar-refractivity contribution is 0.309. The van der Waals surface area contributed by atoms with E-state index in [4.69, 9.17) is 21.1 Å². The van der Waals surface area contributed by atoms with E-state index >= 15 is 0 Å². The molecule has 3 rings (SSSR count). The number of anilines is 1. The molecule has 0 saturated carbocycles. The van der Waals surface area contributed by atoms with Crippen LogP contribution in [0.4, 0.5) is 5.95 Å². The molecular formula is C26H31ClN4O2S. The Labute approximate surface area is 211 Å². The molecule has 0 atom stereocenters. The van der Waals surface area contributed by atoms with E-state index in [1.54, 1.807) is 18.0 Å². The number of nitrogens with zero attached hydrogens (tertiary/aromatic N) is 3. The van der Waals surface area contributed by atoms with Crippen molar-refractivity contribution in [3.63, 3.8) is 0 Å². The minimum atomic E-state index is 0.359. The molecule has 0 spiro atoms. The van der Waals surface area contributed by atoms with Crippen molar-refractivity contribution in [2.75, 3.05) is 30.6 Å². The van der Waals surface area contributed by atoms with Gasteiger partial charge in [0, 0.05) is 23.9 Å². The van der Waals surface area contributed by atoms with Crippen LogP contribution in [0.3, 0.4) is 0 Å². The zero-order valence-corrected chi connectivity index (χ0v) is 21.5. The number of unbranched alkanes of at least 4 members (excludes halogenated alkanes) is 1. The highest BCUT2D eigenvalue weighted by molar-refractivity contribution is 7.99. The molecule has 180 valence electrons. The maximum atomic E-state index is 6.45. The van der Waals surface area contributed by atoms with Gasteiger partial charge < -0.3 is 9.47 Å². The summed E-state index contributed by atoms with van der Waals surface area (Å²) in [5.41, 5.74) is 6.82.